The highest BCUT2D eigenvalue weighted by molar-refractivity contribution is 5.90. The molecule has 0 atom stereocenters. The second-order valence-electron chi connectivity index (χ2n) is 8.24. The number of hydrogen-bond acceptors (Lipinski definition) is 4. The fourth-order valence-electron chi connectivity index (χ4n) is 4.06. The summed E-state index contributed by atoms with van der Waals surface area (Å²) in [4.78, 5) is 9.27. The Balaban J connectivity index is 1.67. The second-order valence-corrected chi connectivity index (χ2v) is 8.24. The van der Waals surface area contributed by atoms with Crippen molar-refractivity contribution in [2.24, 2.45) is 0 Å². The van der Waals surface area contributed by atoms with E-state index in [4.69, 9.17) is 0 Å². The van der Waals surface area contributed by atoms with Crippen molar-refractivity contribution in [3.05, 3.63) is 107 Å². The van der Waals surface area contributed by atoms with E-state index in [0.717, 1.165) is 34.2 Å². The van der Waals surface area contributed by atoms with Gasteiger partial charge < -0.3 is 10.6 Å². The molecule has 2 N–H and O–H groups in total. The Bertz CT molecular complexity index is 1130. The van der Waals surface area contributed by atoms with Crippen LogP contribution in [0.3, 0.4) is 0 Å². The molecule has 0 saturated carbocycles. The number of rotatable bonds is 7. The molecule has 0 amide bonds. The maximum Gasteiger partial charge on any atom is 0.0597 e. The largest absolute Gasteiger partial charge is 0.379 e. The summed E-state index contributed by atoms with van der Waals surface area (Å²) in [6, 6.07) is 25.1. The van der Waals surface area contributed by atoms with Crippen molar-refractivity contribution in [1.29, 1.82) is 0 Å². The first-order chi connectivity index (χ1) is 15.5. The standard InChI is InChI=1S/C28H30N4/c1-19-9-5-15-25(29-17-23-13-7-11-21(3)31-23)27(19)28-20(2)10-6-16-26(28)30-18-24-14-8-12-22(4)32-24/h5-16,29-30H,17-18H2,1-4H3. The zero-order chi connectivity index (χ0) is 22.5. The normalized spacial score (nSPS) is 10.8. The van der Waals surface area contributed by atoms with Gasteiger partial charge in [-0.05, 0) is 75.2 Å². The second kappa shape index (κ2) is 9.65. The Labute approximate surface area is 190 Å². The molecule has 2 heterocycles. The van der Waals surface area contributed by atoms with E-state index in [1.807, 2.05) is 26.0 Å². The molecular formula is C28H30N4. The summed E-state index contributed by atoms with van der Waals surface area (Å²) in [6.07, 6.45) is 0. The van der Waals surface area contributed by atoms with Crippen LogP contribution in [0.4, 0.5) is 11.4 Å². The molecule has 0 aliphatic rings. The van der Waals surface area contributed by atoms with Gasteiger partial charge in [-0.15, -0.1) is 0 Å². The maximum absolute atomic E-state index is 4.64. The van der Waals surface area contributed by atoms with Gasteiger partial charge in [0, 0.05) is 33.9 Å². The summed E-state index contributed by atoms with van der Waals surface area (Å²) in [5.74, 6) is 0. The van der Waals surface area contributed by atoms with E-state index < -0.39 is 0 Å². The van der Waals surface area contributed by atoms with Crippen LogP contribution in [0.5, 0.6) is 0 Å². The van der Waals surface area contributed by atoms with Gasteiger partial charge >= 0.3 is 0 Å². The summed E-state index contributed by atoms with van der Waals surface area (Å²) in [5, 5.41) is 7.26. The number of anilines is 2. The van der Waals surface area contributed by atoms with E-state index in [-0.39, 0.29) is 0 Å². The summed E-state index contributed by atoms with van der Waals surface area (Å²) in [5.41, 5.74) is 11.3. The van der Waals surface area contributed by atoms with Gasteiger partial charge in [0.15, 0.2) is 0 Å². The first-order valence-electron chi connectivity index (χ1n) is 11.0. The van der Waals surface area contributed by atoms with Crippen LogP contribution < -0.4 is 10.6 Å². The van der Waals surface area contributed by atoms with Crippen LogP contribution in [0, 0.1) is 27.7 Å². The van der Waals surface area contributed by atoms with Gasteiger partial charge in [-0.3, -0.25) is 9.97 Å². The van der Waals surface area contributed by atoms with Crippen molar-refractivity contribution in [2.45, 2.75) is 40.8 Å². The van der Waals surface area contributed by atoms with Crippen LogP contribution in [0.1, 0.15) is 33.9 Å². The molecule has 0 aliphatic heterocycles. The van der Waals surface area contributed by atoms with Crippen LogP contribution in [0.25, 0.3) is 11.1 Å². The van der Waals surface area contributed by atoms with Gasteiger partial charge in [0.1, 0.15) is 0 Å². The zero-order valence-electron chi connectivity index (χ0n) is 19.2. The van der Waals surface area contributed by atoms with Crippen molar-refractivity contribution >= 4 is 11.4 Å². The van der Waals surface area contributed by atoms with Crippen LogP contribution >= 0.6 is 0 Å². The van der Waals surface area contributed by atoms with E-state index >= 15 is 0 Å². The number of nitrogens with one attached hydrogen (secondary N) is 2. The summed E-state index contributed by atoms with van der Waals surface area (Å²) in [6.45, 7) is 9.75. The maximum atomic E-state index is 4.64. The van der Waals surface area contributed by atoms with Crippen LogP contribution in [0.15, 0.2) is 72.8 Å². The van der Waals surface area contributed by atoms with Crippen LogP contribution in [-0.2, 0) is 13.1 Å². The molecule has 4 heteroatoms. The molecule has 2 aromatic heterocycles. The van der Waals surface area contributed by atoms with Gasteiger partial charge in [-0.2, -0.15) is 0 Å². The lowest BCUT2D eigenvalue weighted by molar-refractivity contribution is 1.01. The molecule has 4 nitrogen and oxygen atoms in total. The molecule has 162 valence electrons. The van der Waals surface area contributed by atoms with E-state index in [1.165, 1.54) is 22.3 Å². The Hall–Kier alpha value is -3.66. The predicted molar refractivity (Wildman–Crippen MR) is 134 cm³/mol. The minimum Gasteiger partial charge on any atom is -0.379 e. The third kappa shape index (κ3) is 4.97. The Kier molecular flexibility index (Phi) is 6.50. The van der Waals surface area contributed by atoms with Gasteiger partial charge in [0.2, 0.25) is 0 Å². The highest BCUT2D eigenvalue weighted by Gasteiger charge is 2.15. The van der Waals surface area contributed by atoms with Crippen molar-refractivity contribution in [3.8, 4) is 11.1 Å². The summed E-state index contributed by atoms with van der Waals surface area (Å²) in [7, 11) is 0. The van der Waals surface area contributed by atoms with Crippen molar-refractivity contribution < 1.29 is 0 Å². The monoisotopic (exact) mass is 422 g/mol. The van der Waals surface area contributed by atoms with Gasteiger partial charge in [-0.1, -0.05) is 36.4 Å². The highest BCUT2D eigenvalue weighted by atomic mass is 14.9. The molecular weight excluding hydrogens is 392 g/mol. The SMILES string of the molecule is Cc1cccc(CNc2cccc(C)c2-c2c(C)cccc2NCc2cccc(C)n2)n1. The Morgan fingerprint density at radius 3 is 1.34 bits per heavy atom. The molecule has 0 unspecified atom stereocenters. The van der Waals surface area contributed by atoms with Gasteiger partial charge in [0.05, 0.1) is 24.5 Å². The molecule has 4 aromatic rings. The fourth-order valence-corrected chi connectivity index (χ4v) is 4.06. The number of aryl methyl sites for hydroxylation is 4. The van der Waals surface area contributed by atoms with Crippen LogP contribution in [0.2, 0.25) is 0 Å². The Morgan fingerprint density at radius 1 is 0.531 bits per heavy atom. The molecule has 0 aliphatic carbocycles. The first kappa shape index (κ1) is 21.6. The van der Waals surface area contributed by atoms with E-state index in [9.17, 15) is 0 Å². The van der Waals surface area contributed by atoms with E-state index in [2.05, 4.69) is 95.1 Å². The zero-order valence-corrected chi connectivity index (χ0v) is 19.2. The summed E-state index contributed by atoms with van der Waals surface area (Å²) >= 11 is 0. The first-order valence-corrected chi connectivity index (χ1v) is 11.0. The average Bonchev–Trinajstić information content (AvgIpc) is 2.77. The number of aromatic nitrogens is 2. The highest BCUT2D eigenvalue weighted by Crippen LogP contribution is 2.39. The smallest absolute Gasteiger partial charge is 0.0597 e. The van der Waals surface area contributed by atoms with Crippen LogP contribution in [-0.4, -0.2) is 9.97 Å². The molecule has 32 heavy (non-hydrogen) atoms. The number of pyridine rings is 2. The van der Waals surface area contributed by atoms with Crippen molar-refractivity contribution in [3.63, 3.8) is 0 Å². The lowest BCUT2D eigenvalue weighted by Gasteiger charge is -2.20. The van der Waals surface area contributed by atoms with Gasteiger partial charge in [0.25, 0.3) is 0 Å². The quantitative estimate of drug-likeness (QED) is 0.352. The van der Waals surface area contributed by atoms with Crippen molar-refractivity contribution in [2.75, 3.05) is 10.6 Å². The predicted octanol–water partition coefficient (Wildman–Crippen LogP) is 6.60. The molecule has 0 radical (unpaired) electrons. The van der Waals surface area contributed by atoms with E-state index in [0.29, 0.717) is 13.1 Å². The fraction of sp³-hybridized carbons (Fsp3) is 0.214. The lowest BCUT2D eigenvalue weighted by atomic mass is 9.93. The number of benzene rings is 2. The molecule has 0 fully saturated rings. The van der Waals surface area contributed by atoms with Gasteiger partial charge in [-0.25, -0.2) is 0 Å². The van der Waals surface area contributed by atoms with Crippen molar-refractivity contribution in [1.82, 2.24) is 9.97 Å². The summed E-state index contributed by atoms with van der Waals surface area (Å²) < 4.78 is 0. The van der Waals surface area contributed by atoms with E-state index in [1.54, 1.807) is 0 Å². The average molecular weight is 423 g/mol. The minimum atomic E-state index is 0.681. The third-order valence-electron chi connectivity index (χ3n) is 5.61. The molecule has 0 saturated heterocycles. The number of hydrogen-bond donors (Lipinski definition) is 2. The minimum absolute atomic E-state index is 0.681. The molecule has 4 rings (SSSR count). The number of nitrogens with zero attached hydrogens (tertiary/aromatic N) is 2. The molecule has 0 spiro atoms. The molecule has 2 aromatic carbocycles. The third-order valence-corrected chi connectivity index (χ3v) is 5.61. The topological polar surface area (TPSA) is 49.8 Å². The molecule has 0 bridgehead atoms. The Morgan fingerprint density at radius 2 is 0.938 bits per heavy atom. The lowest BCUT2D eigenvalue weighted by Crippen LogP contribution is -2.07.